The summed E-state index contributed by atoms with van der Waals surface area (Å²) >= 11 is 1.89. The zero-order valence-electron chi connectivity index (χ0n) is 34.6. The molecule has 2 aliphatic rings. The molecule has 1 unspecified atom stereocenters. The summed E-state index contributed by atoms with van der Waals surface area (Å²) in [7, 11) is 0. The molecule has 298 valence electrons. The van der Waals surface area contributed by atoms with Gasteiger partial charge in [0.2, 0.25) is 0 Å². The minimum Gasteiger partial charge on any atom is -0.454 e. The zero-order valence-corrected chi connectivity index (χ0v) is 35.4. The van der Waals surface area contributed by atoms with E-state index >= 15 is 0 Å². The van der Waals surface area contributed by atoms with Crippen LogP contribution in [0.1, 0.15) is 22.3 Å². The van der Waals surface area contributed by atoms with E-state index in [0.717, 1.165) is 39.0 Å². The lowest BCUT2D eigenvalue weighted by Crippen LogP contribution is -2.29. The van der Waals surface area contributed by atoms with Gasteiger partial charge in [-0.1, -0.05) is 170 Å². The second-order valence-electron chi connectivity index (χ2n) is 17.1. The molecule has 0 fully saturated rings. The van der Waals surface area contributed by atoms with E-state index in [1.807, 2.05) is 11.3 Å². The van der Waals surface area contributed by atoms with Crippen LogP contribution in [0.15, 0.2) is 229 Å². The third kappa shape index (κ3) is 4.90. The number of fused-ring (bicyclic) bond motifs is 18. The van der Waals surface area contributed by atoms with Gasteiger partial charge >= 0.3 is 0 Å². The van der Waals surface area contributed by atoms with Crippen molar-refractivity contribution in [1.29, 1.82) is 0 Å². The molecule has 0 N–H and O–H groups in total. The first-order valence-electron chi connectivity index (χ1n) is 22.0. The molecule has 0 saturated carbocycles. The molecule has 0 amide bonds. The van der Waals surface area contributed by atoms with Crippen molar-refractivity contribution >= 4 is 70.5 Å². The molecule has 2 aromatic heterocycles. The Morgan fingerprint density at radius 2 is 0.922 bits per heavy atom. The zero-order chi connectivity index (χ0) is 41.9. The number of furan rings is 1. The third-order valence-corrected chi connectivity index (χ3v) is 15.0. The molecule has 1 atom stereocenters. The molecule has 2 aliphatic carbocycles. The maximum atomic E-state index is 6.84. The SMILES string of the molecule is c1ccc(-c2ccc(N(c3ccc4c(c3)C3(c5ccccc5-c5ccccc5-4)c4ccccc4-c4cc5sc6ccccc6c5cc43)c3cccc4c3oc3ccccc34)cc2)cc1. The molecule has 2 nitrogen and oxygen atoms in total. The molecular weight excluding hydrogens is 795 g/mol. The molecule has 3 heteroatoms. The highest BCUT2D eigenvalue weighted by molar-refractivity contribution is 7.25. The van der Waals surface area contributed by atoms with Crippen LogP contribution in [0.4, 0.5) is 17.1 Å². The molecule has 64 heavy (non-hydrogen) atoms. The van der Waals surface area contributed by atoms with Crippen LogP contribution in [0, 0.1) is 0 Å². The van der Waals surface area contributed by atoms with Crippen LogP contribution >= 0.6 is 11.3 Å². The summed E-state index contributed by atoms with van der Waals surface area (Å²) < 4.78 is 9.47. The molecule has 0 radical (unpaired) electrons. The largest absolute Gasteiger partial charge is 0.454 e. The van der Waals surface area contributed by atoms with Gasteiger partial charge in [0.1, 0.15) is 5.58 Å². The van der Waals surface area contributed by atoms with Gasteiger partial charge < -0.3 is 9.32 Å². The monoisotopic (exact) mass is 831 g/mol. The van der Waals surface area contributed by atoms with Crippen molar-refractivity contribution in [2.45, 2.75) is 5.41 Å². The highest BCUT2D eigenvalue weighted by atomic mass is 32.1. The van der Waals surface area contributed by atoms with Gasteiger partial charge in [-0.3, -0.25) is 0 Å². The number of anilines is 3. The average Bonchev–Trinajstić information content (AvgIpc) is 4.00. The minimum atomic E-state index is -0.654. The lowest BCUT2D eigenvalue weighted by atomic mass is 9.65. The van der Waals surface area contributed by atoms with Crippen molar-refractivity contribution in [1.82, 2.24) is 0 Å². The van der Waals surface area contributed by atoms with Crippen molar-refractivity contribution in [3.8, 4) is 44.5 Å². The van der Waals surface area contributed by atoms with Crippen LogP contribution in [0.2, 0.25) is 0 Å². The van der Waals surface area contributed by atoms with E-state index < -0.39 is 5.41 Å². The standard InChI is InChI=1S/C61H37NOS/c1-2-15-38(16-3-1)39-29-31-40(32-30-39)62(56-26-14-23-49-47-21-8-12-27-57(47)63-60(49)56)41-33-34-46-43-18-5-4-17-42(43)44-19-6-10-24-52(44)61(54(46)35-41)53-25-11-7-20-45(53)50-37-59-51(36-55(50)61)48-22-9-13-28-58(48)64-59/h1-37H. The van der Waals surface area contributed by atoms with Gasteiger partial charge in [0.15, 0.2) is 5.58 Å². The predicted molar refractivity (Wildman–Crippen MR) is 268 cm³/mol. The van der Waals surface area contributed by atoms with E-state index in [-0.39, 0.29) is 0 Å². The molecule has 0 aliphatic heterocycles. The van der Waals surface area contributed by atoms with Crippen molar-refractivity contribution in [2.24, 2.45) is 0 Å². The Morgan fingerprint density at radius 1 is 0.344 bits per heavy atom. The Bertz CT molecular complexity index is 3860. The fraction of sp³-hybridized carbons (Fsp3) is 0.0164. The van der Waals surface area contributed by atoms with E-state index in [9.17, 15) is 0 Å². The van der Waals surface area contributed by atoms with E-state index in [1.165, 1.54) is 86.9 Å². The molecular formula is C61H37NOS. The number of thiophene rings is 1. The van der Waals surface area contributed by atoms with E-state index in [1.54, 1.807) is 0 Å². The first kappa shape index (κ1) is 35.6. The van der Waals surface area contributed by atoms with Gasteiger partial charge in [0.05, 0.1) is 11.1 Å². The number of hydrogen-bond acceptors (Lipinski definition) is 3. The average molecular weight is 832 g/mol. The normalized spacial score (nSPS) is 14.6. The van der Waals surface area contributed by atoms with Crippen LogP contribution in [0.5, 0.6) is 0 Å². The molecule has 1 spiro atoms. The van der Waals surface area contributed by atoms with Crippen molar-refractivity contribution in [2.75, 3.05) is 4.90 Å². The van der Waals surface area contributed by atoms with E-state index in [4.69, 9.17) is 4.42 Å². The summed E-state index contributed by atoms with van der Waals surface area (Å²) in [6.45, 7) is 0. The maximum absolute atomic E-state index is 6.84. The highest BCUT2D eigenvalue weighted by Gasteiger charge is 2.50. The third-order valence-electron chi connectivity index (χ3n) is 13.9. The summed E-state index contributed by atoms with van der Waals surface area (Å²) in [5, 5.41) is 4.82. The topological polar surface area (TPSA) is 16.4 Å². The second-order valence-corrected chi connectivity index (χ2v) is 18.2. The Hall–Kier alpha value is -7.98. The smallest absolute Gasteiger partial charge is 0.159 e. The van der Waals surface area contributed by atoms with Gasteiger partial charge in [-0.05, 0) is 121 Å². The van der Waals surface area contributed by atoms with Crippen LogP contribution in [-0.4, -0.2) is 0 Å². The van der Waals surface area contributed by atoms with Gasteiger partial charge in [0, 0.05) is 42.3 Å². The molecule has 10 aromatic carbocycles. The summed E-state index contributed by atoms with van der Waals surface area (Å²) in [4.78, 5) is 2.41. The summed E-state index contributed by atoms with van der Waals surface area (Å²) in [5.41, 5.74) is 19.3. The number of hydrogen-bond donors (Lipinski definition) is 0. The molecule has 0 saturated heterocycles. The Morgan fingerprint density at radius 3 is 1.70 bits per heavy atom. The number of para-hydroxylation sites is 2. The maximum Gasteiger partial charge on any atom is 0.159 e. The second kappa shape index (κ2) is 13.5. The lowest BCUT2D eigenvalue weighted by Gasteiger charge is -2.36. The van der Waals surface area contributed by atoms with Crippen LogP contribution in [0.25, 0.3) is 86.6 Å². The Labute approximate surface area is 374 Å². The summed E-state index contributed by atoms with van der Waals surface area (Å²) in [6.07, 6.45) is 0. The van der Waals surface area contributed by atoms with Gasteiger partial charge in [0.25, 0.3) is 0 Å². The van der Waals surface area contributed by atoms with Crippen LogP contribution < -0.4 is 4.90 Å². The number of benzene rings is 10. The first-order valence-corrected chi connectivity index (χ1v) is 22.8. The van der Waals surface area contributed by atoms with Gasteiger partial charge in [-0.2, -0.15) is 0 Å². The minimum absolute atomic E-state index is 0.654. The van der Waals surface area contributed by atoms with Crippen molar-refractivity contribution in [3.05, 3.63) is 247 Å². The van der Waals surface area contributed by atoms with Crippen LogP contribution in [-0.2, 0) is 5.41 Å². The van der Waals surface area contributed by atoms with Crippen molar-refractivity contribution in [3.63, 3.8) is 0 Å². The predicted octanol–water partition coefficient (Wildman–Crippen LogP) is 17.1. The van der Waals surface area contributed by atoms with Crippen molar-refractivity contribution < 1.29 is 4.42 Å². The molecule has 2 heterocycles. The first-order chi connectivity index (χ1) is 31.7. The summed E-state index contributed by atoms with van der Waals surface area (Å²) in [6, 6.07) is 83.0. The number of rotatable bonds is 4. The molecule has 12 aromatic rings. The summed E-state index contributed by atoms with van der Waals surface area (Å²) in [5.74, 6) is 0. The van der Waals surface area contributed by atoms with Crippen LogP contribution in [0.3, 0.4) is 0 Å². The fourth-order valence-corrected chi connectivity index (χ4v) is 12.3. The highest BCUT2D eigenvalue weighted by Crippen LogP contribution is 2.63. The van der Waals surface area contributed by atoms with Gasteiger partial charge in [-0.15, -0.1) is 11.3 Å². The lowest BCUT2D eigenvalue weighted by molar-refractivity contribution is 0.669. The number of nitrogens with zero attached hydrogens (tertiary/aromatic N) is 1. The Kier molecular flexibility index (Phi) is 7.51. The fourth-order valence-electron chi connectivity index (χ4n) is 11.2. The molecule has 14 rings (SSSR count). The molecule has 0 bridgehead atoms. The van der Waals surface area contributed by atoms with Gasteiger partial charge in [-0.25, -0.2) is 0 Å². The van der Waals surface area contributed by atoms with E-state index in [0.29, 0.717) is 0 Å². The quantitative estimate of drug-likeness (QED) is 0.176. The Balaban J connectivity index is 1.11. The van der Waals surface area contributed by atoms with E-state index in [2.05, 4.69) is 229 Å².